The van der Waals surface area contributed by atoms with Gasteiger partial charge in [-0.2, -0.15) is 0 Å². The molecule has 0 saturated carbocycles. The Bertz CT molecular complexity index is 1230. The Morgan fingerprint density at radius 3 is 2.19 bits per heavy atom. The number of fused-ring (bicyclic) bond motifs is 1. The molecule has 0 saturated heterocycles. The van der Waals surface area contributed by atoms with Gasteiger partial charge >= 0.3 is 0 Å². The van der Waals surface area contributed by atoms with Crippen LogP contribution in [0.1, 0.15) is 9.67 Å². The Balaban J connectivity index is 1.90. The number of thiophene rings is 1. The second-order valence-electron chi connectivity index (χ2n) is 5.65. The van der Waals surface area contributed by atoms with E-state index in [0.717, 1.165) is 22.3 Å². The van der Waals surface area contributed by atoms with E-state index in [1.165, 1.54) is 30.3 Å². The molecule has 0 radical (unpaired) electrons. The maximum absolute atomic E-state index is 12.5. The van der Waals surface area contributed by atoms with Crippen molar-refractivity contribution in [3.63, 3.8) is 0 Å². The van der Waals surface area contributed by atoms with Gasteiger partial charge in [0.25, 0.3) is 15.9 Å². The van der Waals surface area contributed by atoms with E-state index in [1.807, 2.05) is 0 Å². The van der Waals surface area contributed by atoms with Crippen LogP contribution in [0.3, 0.4) is 0 Å². The highest BCUT2D eigenvalue weighted by molar-refractivity contribution is 7.92. The number of sulfone groups is 1. The maximum atomic E-state index is 12.5. The fourth-order valence-electron chi connectivity index (χ4n) is 2.35. The van der Waals surface area contributed by atoms with Crippen LogP contribution in [0.5, 0.6) is 0 Å². The van der Waals surface area contributed by atoms with Crippen molar-refractivity contribution in [3.8, 4) is 0 Å². The zero-order chi connectivity index (χ0) is 19.8. The van der Waals surface area contributed by atoms with E-state index < -0.39 is 25.8 Å². The smallest absolute Gasteiger partial charge is 0.284 e. The van der Waals surface area contributed by atoms with E-state index in [0.29, 0.717) is 5.39 Å². The minimum absolute atomic E-state index is 0.0239. The lowest BCUT2D eigenvalue weighted by molar-refractivity contribution is 0.0711. The number of amides is 1. The topological polar surface area (TPSA) is 130 Å². The molecule has 3 aromatic rings. The highest BCUT2D eigenvalue weighted by Gasteiger charge is 2.17. The van der Waals surface area contributed by atoms with Crippen molar-refractivity contribution < 1.29 is 26.8 Å². The molecule has 1 amide bonds. The highest BCUT2D eigenvalue weighted by atomic mass is 32.2. The lowest BCUT2D eigenvalue weighted by Crippen LogP contribution is -2.16. The summed E-state index contributed by atoms with van der Waals surface area (Å²) in [6, 6.07) is 11.2. The van der Waals surface area contributed by atoms with Crippen LogP contribution in [0.15, 0.2) is 58.3 Å². The van der Waals surface area contributed by atoms with Crippen LogP contribution in [0, 0.1) is 0 Å². The number of hydrogen-bond acceptors (Lipinski definition) is 7. The number of carbonyl (C=O) groups excluding carboxylic acids is 1. The quantitative estimate of drug-likeness (QED) is 0.424. The summed E-state index contributed by atoms with van der Waals surface area (Å²) in [6.07, 6.45) is 1.04. The van der Waals surface area contributed by atoms with Gasteiger partial charge in [0.05, 0.1) is 14.7 Å². The van der Waals surface area contributed by atoms with E-state index in [4.69, 9.17) is 5.21 Å². The molecule has 3 rings (SSSR count). The molecule has 27 heavy (non-hydrogen) atoms. The molecular formula is C16H14N2O6S3. The number of nitrogens with one attached hydrogen (secondary N) is 2. The Hall–Kier alpha value is -2.47. The molecule has 3 N–H and O–H groups in total. The molecule has 0 aliphatic carbocycles. The largest absolute Gasteiger partial charge is 0.288 e. The van der Waals surface area contributed by atoms with Gasteiger partial charge in [0.2, 0.25) is 0 Å². The zero-order valence-electron chi connectivity index (χ0n) is 13.8. The number of hydrogen-bond donors (Lipinski definition) is 3. The predicted molar refractivity (Wildman–Crippen MR) is 101 cm³/mol. The van der Waals surface area contributed by atoms with Gasteiger partial charge in [-0.1, -0.05) is 0 Å². The molecule has 1 heterocycles. The second kappa shape index (κ2) is 6.93. The maximum Gasteiger partial charge on any atom is 0.284 e. The first-order chi connectivity index (χ1) is 12.6. The first-order valence-electron chi connectivity index (χ1n) is 7.41. The first-order valence-corrected chi connectivity index (χ1v) is 11.6. The molecule has 0 bridgehead atoms. The lowest BCUT2D eigenvalue weighted by atomic mass is 10.2. The highest BCUT2D eigenvalue weighted by Crippen LogP contribution is 2.29. The van der Waals surface area contributed by atoms with Crippen molar-refractivity contribution in [3.05, 3.63) is 53.4 Å². The third kappa shape index (κ3) is 4.11. The van der Waals surface area contributed by atoms with Crippen LogP contribution in [0.2, 0.25) is 0 Å². The molecular weight excluding hydrogens is 412 g/mol. The van der Waals surface area contributed by atoms with Crippen LogP contribution in [-0.4, -0.2) is 34.2 Å². The normalized spacial score (nSPS) is 12.1. The monoisotopic (exact) mass is 426 g/mol. The van der Waals surface area contributed by atoms with Crippen molar-refractivity contribution in [2.45, 2.75) is 9.79 Å². The number of rotatable bonds is 5. The summed E-state index contributed by atoms with van der Waals surface area (Å²) < 4.78 is 51.1. The minimum Gasteiger partial charge on any atom is -0.288 e. The van der Waals surface area contributed by atoms with Crippen LogP contribution in [0.25, 0.3) is 10.1 Å². The summed E-state index contributed by atoms with van der Waals surface area (Å²) in [7, 11) is -7.34. The zero-order valence-corrected chi connectivity index (χ0v) is 16.3. The lowest BCUT2D eigenvalue weighted by Gasteiger charge is -2.09. The van der Waals surface area contributed by atoms with E-state index in [9.17, 15) is 21.6 Å². The molecule has 1 aromatic heterocycles. The van der Waals surface area contributed by atoms with Gasteiger partial charge in [-0.25, -0.2) is 22.3 Å². The molecule has 0 aliphatic heterocycles. The Labute approximate surface area is 159 Å². The van der Waals surface area contributed by atoms with E-state index in [1.54, 1.807) is 23.7 Å². The average molecular weight is 426 g/mol. The molecule has 8 nitrogen and oxygen atoms in total. The van der Waals surface area contributed by atoms with Gasteiger partial charge < -0.3 is 0 Å². The fourth-order valence-corrected chi connectivity index (χ4v) is 4.97. The van der Waals surface area contributed by atoms with Crippen LogP contribution in [-0.2, 0) is 19.9 Å². The number of benzene rings is 2. The molecule has 2 aromatic carbocycles. The molecule has 0 unspecified atom stereocenters. The minimum atomic E-state index is -3.92. The third-order valence-electron chi connectivity index (χ3n) is 3.66. The summed E-state index contributed by atoms with van der Waals surface area (Å²) >= 11 is 1.15. The molecule has 142 valence electrons. The molecule has 11 heteroatoms. The van der Waals surface area contributed by atoms with E-state index in [2.05, 4.69) is 4.72 Å². The summed E-state index contributed by atoms with van der Waals surface area (Å²) in [4.78, 5) is 11.7. The standard InChI is InChI=1S/C16H14N2O6S3/c1-26(21,22)12-3-5-13(6-4-12)27(23,24)18-11-2-7-14-10(8-11)9-15(25-14)16(19)17-20/h2-9,18,20H,1H3,(H,17,19). The van der Waals surface area contributed by atoms with Gasteiger partial charge in [-0.05, 0) is 53.9 Å². The van der Waals surface area contributed by atoms with Gasteiger partial charge in [-0.15, -0.1) is 11.3 Å². The number of hydroxylamine groups is 1. The van der Waals surface area contributed by atoms with Gasteiger partial charge in [0.15, 0.2) is 9.84 Å². The molecule has 0 spiro atoms. The van der Waals surface area contributed by atoms with Crippen LogP contribution >= 0.6 is 11.3 Å². The summed E-state index contributed by atoms with van der Waals surface area (Å²) in [5.41, 5.74) is 1.83. The van der Waals surface area contributed by atoms with E-state index in [-0.39, 0.29) is 20.4 Å². The van der Waals surface area contributed by atoms with Crippen molar-refractivity contribution in [2.75, 3.05) is 11.0 Å². The van der Waals surface area contributed by atoms with Gasteiger partial charge in [-0.3, -0.25) is 14.7 Å². The molecule has 0 aliphatic rings. The van der Waals surface area contributed by atoms with Crippen molar-refractivity contribution >= 4 is 52.9 Å². The third-order valence-corrected chi connectivity index (χ3v) is 7.30. The number of anilines is 1. The summed E-state index contributed by atoms with van der Waals surface area (Å²) in [5.74, 6) is -0.649. The number of sulfonamides is 1. The Morgan fingerprint density at radius 1 is 0.963 bits per heavy atom. The van der Waals surface area contributed by atoms with E-state index >= 15 is 0 Å². The van der Waals surface area contributed by atoms with Gasteiger partial charge in [0.1, 0.15) is 0 Å². The first kappa shape index (κ1) is 19.3. The van der Waals surface area contributed by atoms with Crippen LogP contribution in [0.4, 0.5) is 5.69 Å². The number of carbonyl (C=O) groups is 1. The molecule has 0 fully saturated rings. The van der Waals surface area contributed by atoms with Crippen molar-refractivity contribution in [1.29, 1.82) is 0 Å². The second-order valence-corrected chi connectivity index (χ2v) is 10.4. The predicted octanol–water partition coefficient (Wildman–Crippen LogP) is 2.22. The van der Waals surface area contributed by atoms with Gasteiger partial charge in [0, 0.05) is 16.6 Å². The average Bonchev–Trinajstić information content (AvgIpc) is 3.03. The summed E-state index contributed by atoms with van der Waals surface area (Å²) in [5, 5.41) is 9.33. The Morgan fingerprint density at radius 2 is 1.59 bits per heavy atom. The SMILES string of the molecule is CS(=O)(=O)c1ccc(S(=O)(=O)Nc2ccc3sc(C(=O)NO)cc3c2)cc1. The summed E-state index contributed by atoms with van der Waals surface area (Å²) in [6.45, 7) is 0. The van der Waals surface area contributed by atoms with Crippen LogP contribution < -0.4 is 10.2 Å². The fraction of sp³-hybridized carbons (Fsp3) is 0.0625. The Kier molecular flexibility index (Phi) is 4.95. The van der Waals surface area contributed by atoms with Crippen molar-refractivity contribution in [1.82, 2.24) is 5.48 Å². The van der Waals surface area contributed by atoms with Crippen molar-refractivity contribution in [2.24, 2.45) is 0 Å². The molecule has 0 atom stereocenters.